The molecule has 88 valence electrons. The molecule has 0 aromatic carbocycles. The smallest absolute Gasteiger partial charge is 0.231 e. The zero-order valence-corrected chi connectivity index (χ0v) is 11.1. The van der Waals surface area contributed by atoms with Gasteiger partial charge in [-0.3, -0.25) is 19.2 Å². The first-order chi connectivity index (χ1) is 7.58. The number of halogens is 2. The predicted molar refractivity (Wildman–Crippen MR) is 62.8 cm³/mol. The van der Waals surface area contributed by atoms with Gasteiger partial charge in [-0.2, -0.15) is 0 Å². The Morgan fingerprint density at radius 3 is 1.44 bits per heavy atom. The summed E-state index contributed by atoms with van der Waals surface area (Å²) in [6.45, 7) is 0. The lowest BCUT2D eigenvalue weighted by Gasteiger charge is -2.18. The lowest BCUT2D eigenvalue weighted by atomic mass is 10.1. The Hall–Kier alpha value is -0.760. The quantitative estimate of drug-likeness (QED) is 0.571. The molecule has 0 fully saturated rings. The van der Waals surface area contributed by atoms with Crippen molar-refractivity contribution in [1.29, 1.82) is 0 Å². The lowest BCUT2D eigenvalue weighted by molar-refractivity contribution is -0.121. The van der Waals surface area contributed by atoms with Crippen molar-refractivity contribution >= 4 is 56.2 Å². The molecule has 2 N–H and O–H groups in total. The second-order valence-corrected chi connectivity index (χ2v) is 3.71. The molecule has 2 amide bonds. The minimum Gasteiger partial charge on any atom is -0.343 e. The first-order valence-corrected chi connectivity index (χ1v) is 6.29. The summed E-state index contributed by atoms with van der Waals surface area (Å²) >= 11 is 5.75. The van der Waals surface area contributed by atoms with Crippen molar-refractivity contribution in [1.82, 2.24) is 10.6 Å². The van der Waals surface area contributed by atoms with Gasteiger partial charge in [-0.1, -0.05) is 31.9 Å². The molecule has 16 heavy (non-hydrogen) atoms. The van der Waals surface area contributed by atoms with Crippen LogP contribution in [0.4, 0.5) is 0 Å². The average Bonchev–Trinajstić information content (AvgIpc) is 2.32. The van der Waals surface area contributed by atoms with Crippen molar-refractivity contribution in [3.05, 3.63) is 0 Å². The molecular weight excluding hydrogens is 348 g/mol. The summed E-state index contributed by atoms with van der Waals surface area (Å²) in [5.74, 6) is -0.997. The fourth-order valence-electron chi connectivity index (χ4n) is 0.786. The third-order valence-corrected chi connectivity index (χ3v) is 2.48. The van der Waals surface area contributed by atoms with E-state index in [4.69, 9.17) is 0 Å². The molecule has 6 nitrogen and oxygen atoms in total. The minimum atomic E-state index is -1.24. The van der Waals surface area contributed by atoms with Crippen molar-refractivity contribution in [3.63, 3.8) is 0 Å². The van der Waals surface area contributed by atoms with Crippen LogP contribution in [0.5, 0.6) is 0 Å². The van der Waals surface area contributed by atoms with Crippen LogP contribution in [0, 0.1) is 0 Å². The number of nitrogens with one attached hydrogen (secondary N) is 2. The Morgan fingerprint density at radius 1 is 0.938 bits per heavy atom. The molecule has 0 aromatic rings. The second kappa shape index (κ2) is 8.40. The molecule has 2 atom stereocenters. The Kier molecular flexibility index (Phi) is 8.00. The van der Waals surface area contributed by atoms with E-state index in [0.29, 0.717) is 0 Å². The van der Waals surface area contributed by atoms with Crippen molar-refractivity contribution in [3.8, 4) is 0 Å². The first kappa shape index (κ1) is 15.2. The van der Waals surface area contributed by atoms with Gasteiger partial charge in [0.2, 0.25) is 24.4 Å². The summed E-state index contributed by atoms with van der Waals surface area (Å²) in [5, 5.41) is 4.34. The third-order valence-electron chi connectivity index (χ3n) is 1.46. The molecule has 0 spiro atoms. The second-order valence-electron chi connectivity index (χ2n) is 2.59. The first-order valence-electron chi connectivity index (χ1n) is 4.05. The van der Waals surface area contributed by atoms with E-state index in [2.05, 4.69) is 42.5 Å². The monoisotopic (exact) mass is 354 g/mol. The zero-order chi connectivity index (χ0) is 12.6. The molecule has 0 aliphatic heterocycles. The van der Waals surface area contributed by atoms with Crippen LogP contribution in [-0.2, 0) is 19.2 Å². The summed E-state index contributed by atoms with van der Waals surface area (Å²) in [7, 11) is 0. The Balaban J connectivity index is 4.49. The summed E-state index contributed by atoms with van der Waals surface area (Å²) < 4.78 is 0. The maximum Gasteiger partial charge on any atom is 0.231 e. The standard InChI is InChI=1S/C8H8Br2N2O4/c9-1-7(15)11-5(3-13)6(4-14)12-8(16)2-10/h5-6H,1-2H2,(H,11,15)(H,12,16). The molecular formula is C8H8Br2N2O4. The van der Waals surface area contributed by atoms with E-state index in [9.17, 15) is 19.2 Å². The molecule has 0 aliphatic rings. The SMILES string of the molecule is O=[C]C(NC(=O)CBr)C([C]=O)NC(=O)CBr. The lowest BCUT2D eigenvalue weighted by Crippen LogP contribution is -2.54. The molecule has 0 aromatic heterocycles. The molecule has 0 saturated heterocycles. The maximum atomic E-state index is 11.0. The van der Waals surface area contributed by atoms with Gasteiger partial charge < -0.3 is 10.6 Å². The highest BCUT2D eigenvalue weighted by molar-refractivity contribution is 9.09. The highest BCUT2D eigenvalue weighted by Gasteiger charge is 2.25. The topological polar surface area (TPSA) is 92.3 Å². The molecule has 0 aliphatic carbocycles. The van der Waals surface area contributed by atoms with Crippen molar-refractivity contribution in [2.24, 2.45) is 0 Å². The van der Waals surface area contributed by atoms with E-state index in [0.717, 1.165) is 0 Å². The molecule has 0 saturated carbocycles. The van der Waals surface area contributed by atoms with Crippen LogP contribution in [0.2, 0.25) is 0 Å². The molecule has 8 heteroatoms. The van der Waals surface area contributed by atoms with E-state index in [1.807, 2.05) is 0 Å². The van der Waals surface area contributed by atoms with Gasteiger partial charge in [0.25, 0.3) is 0 Å². The van der Waals surface area contributed by atoms with Crippen molar-refractivity contribution in [2.75, 3.05) is 10.7 Å². The molecule has 0 rings (SSSR count). The van der Waals surface area contributed by atoms with Crippen LogP contribution < -0.4 is 10.6 Å². The van der Waals surface area contributed by atoms with Crippen LogP contribution in [0.3, 0.4) is 0 Å². The van der Waals surface area contributed by atoms with Gasteiger partial charge in [0, 0.05) is 0 Å². The number of hydrogen-bond donors (Lipinski definition) is 2. The summed E-state index contributed by atoms with van der Waals surface area (Å²) in [6.07, 6.45) is 2.90. The molecule has 0 bridgehead atoms. The number of carbonyl (C=O) groups excluding carboxylic acids is 4. The summed E-state index contributed by atoms with van der Waals surface area (Å²) in [6, 6.07) is -2.49. The summed E-state index contributed by atoms with van der Waals surface area (Å²) in [5.41, 5.74) is 0. The van der Waals surface area contributed by atoms with Gasteiger partial charge in [-0.15, -0.1) is 0 Å². The van der Waals surface area contributed by atoms with Crippen LogP contribution >= 0.6 is 31.9 Å². The number of carbonyl (C=O) groups is 2. The van der Waals surface area contributed by atoms with Gasteiger partial charge in [-0.25, -0.2) is 0 Å². The maximum absolute atomic E-state index is 11.0. The van der Waals surface area contributed by atoms with Gasteiger partial charge in [0.05, 0.1) is 10.7 Å². The fourth-order valence-corrected chi connectivity index (χ4v) is 1.11. The van der Waals surface area contributed by atoms with E-state index in [1.165, 1.54) is 12.6 Å². The van der Waals surface area contributed by atoms with Gasteiger partial charge in [0.15, 0.2) is 0 Å². The largest absolute Gasteiger partial charge is 0.343 e. The van der Waals surface area contributed by atoms with Crippen LogP contribution in [0.25, 0.3) is 0 Å². The van der Waals surface area contributed by atoms with Gasteiger partial charge >= 0.3 is 0 Å². The zero-order valence-electron chi connectivity index (χ0n) is 7.96. The number of alkyl halides is 2. The molecule has 2 unspecified atom stereocenters. The van der Waals surface area contributed by atoms with Crippen LogP contribution in [0.15, 0.2) is 0 Å². The van der Waals surface area contributed by atoms with Crippen molar-refractivity contribution < 1.29 is 19.2 Å². The van der Waals surface area contributed by atoms with E-state index in [-0.39, 0.29) is 10.7 Å². The fraction of sp³-hybridized carbons (Fsp3) is 0.500. The van der Waals surface area contributed by atoms with Gasteiger partial charge in [0.1, 0.15) is 12.1 Å². The Labute approximate surface area is 109 Å². The Morgan fingerprint density at radius 2 is 1.25 bits per heavy atom. The van der Waals surface area contributed by atoms with Gasteiger partial charge in [-0.05, 0) is 0 Å². The number of hydrogen-bond acceptors (Lipinski definition) is 4. The number of amides is 2. The highest BCUT2D eigenvalue weighted by Crippen LogP contribution is 1.91. The molecule has 2 radical (unpaired) electrons. The van der Waals surface area contributed by atoms with Crippen molar-refractivity contribution in [2.45, 2.75) is 12.1 Å². The number of rotatable bonds is 7. The predicted octanol–water partition coefficient (Wildman–Crippen LogP) is -1.03. The van der Waals surface area contributed by atoms with Crippen LogP contribution in [0.1, 0.15) is 0 Å². The molecule has 0 heterocycles. The third kappa shape index (κ3) is 5.36. The van der Waals surface area contributed by atoms with E-state index >= 15 is 0 Å². The van der Waals surface area contributed by atoms with E-state index < -0.39 is 23.9 Å². The highest BCUT2D eigenvalue weighted by atomic mass is 79.9. The summed E-state index contributed by atoms with van der Waals surface area (Å²) in [4.78, 5) is 43.0. The van der Waals surface area contributed by atoms with E-state index in [1.54, 1.807) is 0 Å². The normalized spacial score (nSPS) is 13.4. The minimum absolute atomic E-state index is 0.0247. The average molecular weight is 356 g/mol. The van der Waals surface area contributed by atoms with Crippen LogP contribution in [-0.4, -0.2) is 47.1 Å². The Bertz CT molecular complexity index is 257.